The van der Waals surface area contributed by atoms with Gasteiger partial charge in [-0.2, -0.15) is 13.9 Å². The van der Waals surface area contributed by atoms with Crippen LogP contribution in [-0.4, -0.2) is 82.1 Å². The molecule has 0 radical (unpaired) electrons. The van der Waals surface area contributed by atoms with E-state index in [1.54, 1.807) is 13.0 Å². The van der Waals surface area contributed by atoms with Crippen LogP contribution in [0.25, 0.3) is 11.4 Å². The number of hydrogen-bond donors (Lipinski definition) is 1. The molecular formula is C27H34F2N6O4. The third-order valence-corrected chi connectivity index (χ3v) is 6.72. The molecule has 0 amide bonds. The van der Waals surface area contributed by atoms with E-state index in [0.29, 0.717) is 72.5 Å². The van der Waals surface area contributed by atoms with Gasteiger partial charge in [0.25, 0.3) is 0 Å². The van der Waals surface area contributed by atoms with Crippen LogP contribution >= 0.6 is 0 Å². The Morgan fingerprint density at radius 2 is 2.00 bits per heavy atom. The van der Waals surface area contributed by atoms with E-state index < -0.39 is 12.3 Å². The lowest BCUT2D eigenvalue weighted by Gasteiger charge is -2.39. The Kier molecular flexibility index (Phi) is 8.08. The number of benzene rings is 1. The number of ether oxygens (including phenoxy) is 4. The second kappa shape index (κ2) is 11.5. The average Bonchev–Trinajstić information content (AvgIpc) is 3.53. The van der Waals surface area contributed by atoms with E-state index in [9.17, 15) is 8.78 Å². The first kappa shape index (κ1) is 27.4. The van der Waals surface area contributed by atoms with Crippen LogP contribution in [0.3, 0.4) is 0 Å². The molecule has 12 heteroatoms. The predicted molar refractivity (Wildman–Crippen MR) is 139 cm³/mol. The molecule has 2 fully saturated rings. The molecule has 2 aliphatic rings. The number of morpholine rings is 1. The number of epoxide rings is 1. The number of aromatic nitrogens is 4. The van der Waals surface area contributed by atoms with Gasteiger partial charge in [-0.15, -0.1) is 0 Å². The van der Waals surface area contributed by atoms with Gasteiger partial charge in [0.1, 0.15) is 24.7 Å². The molecule has 0 aliphatic carbocycles. The lowest BCUT2D eigenvalue weighted by atomic mass is 10.0. The lowest BCUT2D eigenvalue weighted by Crippen LogP contribution is -2.56. The fourth-order valence-corrected chi connectivity index (χ4v) is 4.98. The first-order chi connectivity index (χ1) is 18.7. The predicted octanol–water partition coefficient (Wildman–Crippen LogP) is 3.45. The summed E-state index contributed by atoms with van der Waals surface area (Å²) >= 11 is 0. The standard InChI is InChI=1S/C27H34F2N6O4/c1-17(2)39-27(16-38-27)23-15-36-10-8-34(23)9-11-37-22-7-5-4-6-19(22)13-20-14-35(25(28)29)33-24(20)21-12-18(3)31-26(30)32-21/h4-7,12,14,17,23,25H,8-11,13,15-16H2,1-3H3,(H2,30,31,32)/t23-,27?/m0/s1. The first-order valence-electron chi connectivity index (χ1n) is 13.1. The SMILES string of the molecule is Cc1cc(-c2nn(C(F)F)cc2Cc2ccccc2OCCN2CCOC[C@H]2C2(OC(C)C)CO2)nc(N)n1. The molecule has 3 aromatic rings. The Hall–Kier alpha value is -3.19. The number of halogens is 2. The molecule has 1 aromatic carbocycles. The molecule has 39 heavy (non-hydrogen) atoms. The number of para-hydroxylation sites is 1. The van der Waals surface area contributed by atoms with Gasteiger partial charge in [-0.05, 0) is 38.5 Å². The van der Waals surface area contributed by atoms with Gasteiger partial charge < -0.3 is 24.7 Å². The zero-order valence-corrected chi connectivity index (χ0v) is 22.3. The normalized spacial score (nSPS) is 21.6. The van der Waals surface area contributed by atoms with Crippen LogP contribution < -0.4 is 10.5 Å². The number of nitrogens with two attached hydrogens (primary N) is 1. The van der Waals surface area contributed by atoms with Gasteiger partial charge >= 0.3 is 6.55 Å². The van der Waals surface area contributed by atoms with Crippen molar-refractivity contribution in [1.29, 1.82) is 0 Å². The van der Waals surface area contributed by atoms with Gasteiger partial charge in [-0.3, -0.25) is 4.90 Å². The molecule has 2 saturated heterocycles. The number of nitrogen functional groups attached to an aromatic ring is 1. The number of aryl methyl sites for hydroxylation is 1. The number of anilines is 1. The molecule has 4 heterocycles. The van der Waals surface area contributed by atoms with E-state index in [0.717, 1.165) is 12.1 Å². The Morgan fingerprint density at radius 3 is 2.72 bits per heavy atom. The largest absolute Gasteiger partial charge is 0.492 e. The lowest BCUT2D eigenvalue weighted by molar-refractivity contribution is -0.157. The number of hydrogen-bond acceptors (Lipinski definition) is 9. The van der Waals surface area contributed by atoms with Crippen LogP contribution in [0.2, 0.25) is 0 Å². The van der Waals surface area contributed by atoms with Gasteiger partial charge in [-0.25, -0.2) is 14.6 Å². The summed E-state index contributed by atoms with van der Waals surface area (Å²) in [6.07, 6.45) is 1.70. The molecular weight excluding hydrogens is 510 g/mol. The van der Waals surface area contributed by atoms with E-state index in [-0.39, 0.29) is 18.1 Å². The molecule has 0 saturated carbocycles. The monoisotopic (exact) mass is 544 g/mol. The molecule has 10 nitrogen and oxygen atoms in total. The maximum absolute atomic E-state index is 13.6. The number of alkyl halides is 2. The minimum absolute atomic E-state index is 0.0148. The highest BCUT2D eigenvalue weighted by Crippen LogP contribution is 2.38. The zero-order chi connectivity index (χ0) is 27.6. The minimum Gasteiger partial charge on any atom is -0.492 e. The first-order valence-corrected chi connectivity index (χ1v) is 13.1. The Labute approximate surface area is 226 Å². The topological polar surface area (TPSA) is 113 Å². The van der Waals surface area contributed by atoms with Gasteiger partial charge in [0.2, 0.25) is 11.7 Å². The molecule has 2 aromatic heterocycles. The quantitative estimate of drug-likeness (QED) is 0.363. The van der Waals surface area contributed by atoms with E-state index in [4.69, 9.17) is 24.7 Å². The third-order valence-electron chi connectivity index (χ3n) is 6.72. The van der Waals surface area contributed by atoms with Crippen molar-refractivity contribution in [3.63, 3.8) is 0 Å². The summed E-state index contributed by atoms with van der Waals surface area (Å²) in [6.45, 7) is 6.51. The van der Waals surface area contributed by atoms with Gasteiger partial charge in [0.15, 0.2) is 0 Å². The van der Waals surface area contributed by atoms with Crippen molar-refractivity contribution in [2.75, 3.05) is 45.3 Å². The van der Waals surface area contributed by atoms with Gasteiger partial charge in [0, 0.05) is 37.0 Å². The molecule has 210 valence electrons. The van der Waals surface area contributed by atoms with Crippen LogP contribution in [0, 0.1) is 6.92 Å². The fraction of sp³-hybridized carbons (Fsp3) is 0.519. The van der Waals surface area contributed by atoms with Crippen molar-refractivity contribution < 1.29 is 27.7 Å². The van der Waals surface area contributed by atoms with Crippen molar-refractivity contribution in [3.05, 3.63) is 53.3 Å². The summed E-state index contributed by atoms with van der Waals surface area (Å²) in [5, 5.41) is 4.11. The Bertz CT molecular complexity index is 1260. The molecule has 2 N–H and O–H groups in total. The van der Waals surface area contributed by atoms with Crippen LogP contribution in [0.1, 0.15) is 37.2 Å². The highest BCUT2D eigenvalue weighted by molar-refractivity contribution is 5.61. The van der Waals surface area contributed by atoms with E-state index in [2.05, 4.69) is 20.0 Å². The summed E-state index contributed by atoms with van der Waals surface area (Å²) in [7, 11) is 0. The second-order valence-electron chi connectivity index (χ2n) is 10.0. The van der Waals surface area contributed by atoms with Crippen molar-refractivity contribution in [2.45, 2.75) is 51.7 Å². The summed E-state index contributed by atoms with van der Waals surface area (Å²) in [5.41, 5.74) is 8.59. The molecule has 1 unspecified atom stereocenters. The third kappa shape index (κ3) is 6.35. The van der Waals surface area contributed by atoms with Crippen LogP contribution in [0.15, 0.2) is 36.5 Å². The van der Waals surface area contributed by atoms with Gasteiger partial charge in [0.05, 0.1) is 31.1 Å². The van der Waals surface area contributed by atoms with E-state index in [1.165, 1.54) is 6.20 Å². The number of nitrogens with zero attached hydrogens (tertiary/aromatic N) is 5. The fourth-order valence-electron chi connectivity index (χ4n) is 4.98. The molecule has 5 rings (SSSR count). The maximum atomic E-state index is 13.6. The summed E-state index contributed by atoms with van der Waals surface area (Å²) < 4.78 is 51.6. The van der Waals surface area contributed by atoms with Crippen LogP contribution in [-0.2, 0) is 20.6 Å². The zero-order valence-electron chi connectivity index (χ0n) is 22.3. The highest BCUT2D eigenvalue weighted by Gasteiger charge is 2.56. The summed E-state index contributed by atoms with van der Waals surface area (Å²) in [5.74, 6) is 0.105. The number of rotatable bonds is 11. The van der Waals surface area contributed by atoms with E-state index in [1.807, 2.05) is 38.1 Å². The van der Waals surface area contributed by atoms with Crippen molar-refractivity contribution >= 4 is 5.95 Å². The minimum atomic E-state index is -2.79. The summed E-state index contributed by atoms with van der Waals surface area (Å²) in [6, 6.07) is 9.24. The Balaban J connectivity index is 1.31. The van der Waals surface area contributed by atoms with Crippen molar-refractivity contribution in [1.82, 2.24) is 24.6 Å². The Morgan fingerprint density at radius 1 is 1.21 bits per heavy atom. The van der Waals surface area contributed by atoms with Crippen LogP contribution in [0.5, 0.6) is 5.75 Å². The molecule has 0 spiro atoms. The highest BCUT2D eigenvalue weighted by atomic mass is 19.3. The maximum Gasteiger partial charge on any atom is 0.333 e. The van der Waals surface area contributed by atoms with Crippen molar-refractivity contribution in [3.8, 4) is 17.1 Å². The molecule has 2 aliphatic heterocycles. The van der Waals surface area contributed by atoms with E-state index >= 15 is 0 Å². The average molecular weight is 545 g/mol. The smallest absolute Gasteiger partial charge is 0.333 e. The van der Waals surface area contributed by atoms with Crippen LogP contribution in [0.4, 0.5) is 14.7 Å². The van der Waals surface area contributed by atoms with Gasteiger partial charge in [-0.1, -0.05) is 18.2 Å². The molecule has 0 bridgehead atoms. The van der Waals surface area contributed by atoms with Crippen molar-refractivity contribution in [2.24, 2.45) is 0 Å². The summed E-state index contributed by atoms with van der Waals surface area (Å²) in [4.78, 5) is 10.6. The second-order valence-corrected chi connectivity index (χ2v) is 10.0. The molecule has 2 atom stereocenters.